The van der Waals surface area contributed by atoms with Crippen molar-refractivity contribution in [1.29, 1.82) is 0 Å². The van der Waals surface area contributed by atoms with Crippen LogP contribution in [0.3, 0.4) is 0 Å². The molecule has 4 rings (SSSR count). The third kappa shape index (κ3) is 8.09. The van der Waals surface area contributed by atoms with E-state index in [0.717, 1.165) is 24.5 Å². The molecule has 2 heterocycles. The van der Waals surface area contributed by atoms with Gasteiger partial charge in [-0.25, -0.2) is 9.97 Å². The van der Waals surface area contributed by atoms with Crippen molar-refractivity contribution in [3.05, 3.63) is 71.1 Å². The van der Waals surface area contributed by atoms with Crippen LogP contribution in [-0.4, -0.2) is 34.3 Å². The molecule has 0 amide bonds. The molecule has 0 radical (unpaired) electrons. The summed E-state index contributed by atoms with van der Waals surface area (Å²) in [6.45, 7) is 9.36. The first kappa shape index (κ1) is 28.4. The van der Waals surface area contributed by atoms with E-state index in [-0.39, 0.29) is 0 Å². The summed E-state index contributed by atoms with van der Waals surface area (Å²) < 4.78 is 39.8. The molecule has 1 aromatic carbocycles. The summed E-state index contributed by atoms with van der Waals surface area (Å²) in [5.74, 6) is 1.20. The molecular weight excluding hydrogens is 453 g/mol. The first-order chi connectivity index (χ1) is 16.8. The molecule has 1 atom stereocenters. The van der Waals surface area contributed by atoms with Crippen LogP contribution in [0.5, 0.6) is 0 Å². The molecular formula is C27H37F3N4O. The number of allylic oxidation sites excluding steroid dienone is 2. The monoisotopic (exact) mass is 490 g/mol. The maximum absolute atomic E-state index is 13.3. The second-order valence-corrected chi connectivity index (χ2v) is 8.16. The highest BCUT2D eigenvalue weighted by atomic mass is 19.4. The van der Waals surface area contributed by atoms with Gasteiger partial charge in [0.1, 0.15) is 18.0 Å². The van der Waals surface area contributed by atoms with Crippen molar-refractivity contribution in [3.63, 3.8) is 0 Å². The van der Waals surface area contributed by atoms with Crippen LogP contribution in [0, 0.1) is 0 Å². The van der Waals surface area contributed by atoms with E-state index in [9.17, 15) is 18.3 Å². The minimum Gasteiger partial charge on any atom is -0.387 e. The van der Waals surface area contributed by atoms with Gasteiger partial charge in [-0.15, -0.1) is 0 Å². The Hall–Kier alpha value is -2.87. The molecule has 0 fully saturated rings. The Morgan fingerprint density at radius 3 is 2.54 bits per heavy atom. The zero-order valence-electron chi connectivity index (χ0n) is 21.1. The van der Waals surface area contributed by atoms with Gasteiger partial charge in [0.2, 0.25) is 0 Å². The SMILES string of the molecule is CC.CCC.OC(CNc1cc(N2CCc3c(cccc3C(F)(F)F)C2)ncn1)C1=CCCC=C1. The minimum atomic E-state index is -4.34. The molecule has 2 N–H and O–H groups in total. The fourth-order valence-corrected chi connectivity index (χ4v) is 3.89. The smallest absolute Gasteiger partial charge is 0.387 e. The van der Waals surface area contributed by atoms with E-state index in [1.54, 1.807) is 12.1 Å². The Balaban J connectivity index is 0.000000803. The predicted molar refractivity (Wildman–Crippen MR) is 136 cm³/mol. The van der Waals surface area contributed by atoms with E-state index in [4.69, 9.17) is 0 Å². The lowest BCUT2D eigenvalue weighted by molar-refractivity contribution is -0.138. The number of halogens is 3. The lowest BCUT2D eigenvalue weighted by atomic mass is 9.94. The molecule has 1 unspecified atom stereocenters. The van der Waals surface area contributed by atoms with Gasteiger partial charge in [-0.2, -0.15) is 13.2 Å². The Labute approximate surface area is 206 Å². The van der Waals surface area contributed by atoms with Crippen LogP contribution in [0.15, 0.2) is 54.4 Å². The van der Waals surface area contributed by atoms with Gasteiger partial charge in [0.25, 0.3) is 0 Å². The molecule has 2 aliphatic rings. The fourth-order valence-electron chi connectivity index (χ4n) is 3.89. The van der Waals surface area contributed by atoms with Crippen molar-refractivity contribution in [2.24, 2.45) is 0 Å². The third-order valence-electron chi connectivity index (χ3n) is 5.43. The third-order valence-corrected chi connectivity index (χ3v) is 5.43. The number of hydrogen-bond acceptors (Lipinski definition) is 5. The van der Waals surface area contributed by atoms with Gasteiger partial charge >= 0.3 is 6.18 Å². The molecule has 2 aromatic rings. The minimum absolute atomic E-state index is 0.303. The zero-order valence-corrected chi connectivity index (χ0v) is 21.1. The van der Waals surface area contributed by atoms with Crippen molar-refractivity contribution >= 4 is 11.6 Å². The molecule has 1 aliphatic heterocycles. The lowest BCUT2D eigenvalue weighted by Crippen LogP contribution is -2.32. The van der Waals surface area contributed by atoms with Crippen LogP contribution in [0.1, 0.15) is 63.6 Å². The molecule has 5 nitrogen and oxygen atoms in total. The van der Waals surface area contributed by atoms with Crippen molar-refractivity contribution in [1.82, 2.24) is 9.97 Å². The van der Waals surface area contributed by atoms with Gasteiger partial charge < -0.3 is 15.3 Å². The predicted octanol–water partition coefficient (Wildman–Crippen LogP) is 6.55. The first-order valence-electron chi connectivity index (χ1n) is 12.4. The second-order valence-electron chi connectivity index (χ2n) is 8.16. The average Bonchev–Trinajstić information content (AvgIpc) is 2.88. The number of aliphatic hydroxyl groups excluding tert-OH is 1. The number of fused-ring (bicyclic) bond motifs is 1. The van der Waals surface area contributed by atoms with E-state index in [2.05, 4.69) is 29.1 Å². The number of alkyl halides is 3. The second kappa shape index (κ2) is 13.9. The Kier molecular flexibility index (Phi) is 11.2. The van der Waals surface area contributed by atoms with E-state index >= 15 is 0 Å². The number of nitrogens with one attached hydrogen (secondary N) is 1. The summed E-state index contributed by atoms with van der Waals surface area (Å²) in [6, 6.07) is 6.09. The standard InChI is InChI=1S/C22H23F3N4O.C3H8.C2H6/c23-22(24,25)18-8-4-7-16-13-29(10-9-17(16)18)21-11-20(27-14-28-21)26-12-19(30)15-5-2-1-3-6-15;1-3-2;1-2/h2,4-8,11,14,19,30H,1,3,9-10,12-13H2,(H,26,27,28);3H2,1-2H3;1-2H3. The normalized spacial score (nSPS) is 15.5. The van der Waals surface area contributed by atoms with Gasteiger partial charge in [0.15, 0.2) is 0 Å². The Morgan fingerprint density at radius 1 is 1.14 bits per heavy atom. The fraction of sp³-hybridized carbons (Fsp3) is 0.481. The lowest BCUT2D eigenvalue weighted by Gasteiger charge is -2.31. The van der Waals surface area contributed by atoms with Crippen LogP contribution < -0.4 is 10.2 Å². The molecule has 0 saturated heterocycles. The number of anilines is 2. The van der Waals surface area contributed by atoms with E-state index in [1.165, 1.54) is 18.8 Å². The maximum Gasteiger partial charge on any atom is 0.416 e. The highest BCUT2D eigenvalue weighted by Crippen LogP contribution is 2.36. The van der Waals surface area contributed by atoms with Gasteiger partial charge in [-0.05, 0) is 42.0 Å². The van der Waals surface area contributed by atoms with Crippen molar-refractivity contribution < 1.29 is 18.3 Å². The Bertz CT molecular complexity index is 989. The van der Waals surface area contributed by atoms with E-state index in [1.807, 2.05) is 37.0 Å². The maximum atomic E-state index is 13.3. The van der Waals surface area contributed by atoms with Gasteiger partial charge in [-0.3, -0.25) is 0 Å². The van der Waals surface area contributed by atoms with Crippen molar-refractivity contribution in [3.8, 4) is 0 Å². The summed E-state index contributed by atoms with van der Waals surface area (Å²) in [7, 11) is 0. The van der Waals surface area contributed by atoms with Crippen LogP contribution in [0.25, 0.3) is 0 Å². The first-order valence-corrected chi connectivity index (χ1v) is 12.4. The molecule has 0 saturated carbocycles. The highest BCUT2D eigenvalue weighted by molar-refractivity contribution is 5.52. The molecule has 1 aliphatic carbocycles. The summed E-state index contributed by atoms with van der Waals surface area (Å²) in [5.41, 5.74) is 1.36. The summed E-state index contributed by atoms with van der Waals surface area (Å²) in [6.07, 6.45) is 5.91. The van der Waals surface area contributed by atoms with E-state index in [0.29, 0.717) is 48.8 Å². The van der Waals surface area contributed by atoms with Crippen LogP contribution >= 0.6 is 0 Å². The van der Waals surface area contributed by atoms with E-state index < -0.39 is 17.8 Å². The quantitative estimate of drug-likeness (QED) is 0.498. The Morgan fingerprint density at radius 2 is 1.89 bits per heavy atom. The zero-order chi connectivity index (χ0) is 25.8. The molecule has 0 spiro atoms. The number of hydrogen-bond donors (Lipinski definition) is 2. The molecule has 8 heteroatoms. The number of benzene rings is 1. The number of nitrogens with zero attached hydrogens (tertiary/aromatic N) is 3. The molecule has 1 aromatic heterocycles. The molecule has 192 valence electrons. The van der Waals surface area contributed by atoms with Gasteiger partial charge in [0.05, 0.1) is 11.7 Å². The van der Waals surface area contributed by atoms with Crippen LogP contribution in [0.2, 0.25) is 0 Å². The van der Waals surface area contributed by atoms with Gasteiger partial charge in [-0.1, -0.05) is 64.5 Å². The molecule has 35 heavy (non-hydrogen) atoms. The average molecular weight is 491 g/mol. The van der Waals surface area contributed by atoms with Gasteiger partial charge in [0, 0.05) is 25.7 Å². The summed E-state index contributed by atoms with van der Waals surface area (Å²) >= 11 is 0. The van der Waals surface area contributed by atoms with Crippen molar-refractivity contribution in [2.75, 3.05) is 23.3 Å². The van der Waals surface area contributed by atoms with Crippen molar-refractivity contribution in [2.45, 2.75) is 72.2 Å². The number of aliphatic hydroxyl groups is 1. The van der Waals surface area contributed by atoms with Crippen LogP contribution in [-0.2, 0) is 19.1 Å². The highest BCUT2D eigenvalue weighted by Gasteiger charge is 2.35. The summed E-state index contributed by atoms with van der Waals surface area (Å²) in [4.78, 5) is 10.4. The topological polar surface area (TPSA) is 61.3 Å². The number of aromatic nitrogens is 2. The number of rotatable bonds is 5. The summed E-state index contributed by atoms with van der Waals surface area (Å²) in [5, 5.41) is 13.4. The molecule has 0 bridgehead atoms. The largest absolute Gasteiger partial charge is 0.416 e. The van der Waals surface area contributed by atoms with Crippen LogP contribution in [0.4, 0.5) is 24.8 Å².